The van der Waals surface area contributed by atoms with Gasteiger partial charge in [-0.3, -0.25) is 4.90 Å². The first-order valence-electron chi connectivity index (χ1n) is 7.43. The molecule has 118 valence electrons. The molecule has 0 saturated carbocycles. The zero-order valence-corrected chi connectivity index (χ0v) is 13.7. The van der Waals surface area contributed by atoms with Crippen LogP contribution in [0.1, 0.15) is 20.8 Å². The number of rotatable bonds is 5. The minimum absolute atomic E-state index is 0.244. The first-order chi connectivity index (χ1) is 9.98. The van der Waals surface area contributed by atoms with Crippen molar-refractivity contribution in [2.24, 2.45) is 0 Å². The third-order valence-electron chi connectivity index (χ3n) is 3.86. The third-order valence-corrected chi connectivity index (χ3v) is 5.72. The van der Waals surface area contributed by atoms with E-state index in [1.165, 1.54) is 6.20 Å². The molecule has 1 aliphatic rings. The normalized spacial score (nSPS) is 21.4. The van der Waals surface area contributed by atoms with Gasteiger partial charge in [0.1, 0.15) is 5.82 Å². The highest BCUT2D eigenvalue weighted by Gasteiger charge is 2.31. The van der Waals surface area contributed by atoms with E-state index in [0.29, 0.717) is 30.3 Å². The van der Waals surface area contributed by atoms with Crippen molar-refractivity contribution in [2.45, 2.75) is 31.7 Å². The summed E-state index contributed by atoms with van der Waals surface area (Å²) in [5.41, 5.74) is 0. The molecule has 6 nitrogen and oxygen atoms in total. The Bertz CT molecular complexity index is 576. The Morgan fingerprint density at radius 2 is 2.14 bits per heavy atom. The molecule has 1 aliphatic heterocycles. The third kappa shape index (κ3) is 3.53. The summed E-state index contributed by atoms with van der Waals surface area (Å²) in [4.78, 5) is 6.73. The Morgan fingerprint density at radius 3 is 2.76 bits per heavy atom. The number of sulfonamides is 1. The topological polar surface area (TPSA) is 65.5 Å². The molecule has 1 saturated heterocycles. The Morgan fingerprint density at radius 1 is 1.38 bits per heavy atom. The van der Waals surface area contributed by atoms with Crippen LogP contribution in [0.25, 0.3) is 0 Å². The zero-order chi connectivity index (χ0) is 15.5. The van der Waals surface area contributed by atoms with Gasteiger partial charge in [0.25, 0.3) is 0 Å². The molecule has 2 rings (SSSR count). The summed E-state index contributed by atoms with van der Waals surface area (Å²) in [6.45, 7) is 9.65. The summed E-state index contributed by atoms with van der Waals surface area (Å²) >= 11 is 0. The molecule has 0 amide bonds. The lowest BCUT2D eigenvalue weighted by molar-refractivity contribution is 0.135. The molecule has 2 heterocycles. The van der Waals surface area contributed by atoms with Gasteiger partial charge in [0, 0.05) is 44.5 Å². The number of hydrogen-bond acceptors (Lipinski definition) is 5. The van der Waals surface area contributed by atoms with Crippen molar-refractivity contribution in [1.82, 2.24) is 14.2 Å². The Balaban J connectivity index is 2.20. The summed E-state index contributed by atoms with van der Waals surface area (Å²) in [5.74, 6) is 0.596. The van der Waals surface area contributed by atoms with Crippen LogP contribution < -0.4 is 5.32 Å². The number of hydrogen-bond donors (Lipinski definition) is 1. The van der Waals surface area contributed by atoms with Crippen molar-refractivity contribution in [3.8, 4) is 0 Å². The number of piperazine rings is 1. The largest absolute Gasteiger partial charge is 0.370 e. The molecule has 1 N–H and O–H groups in total. The highest BCUT2D eigenvalue weighted by molar-refractivity contribution is 7.89. The lowest BCUT2D eigenvalue weighted by atomic mass is 10.2. The van der Waals surface area contributed by atoms with Gasteiger partial charge >= 0.3 is 0 Å². The van der Waals surface area contributed by atoms with E-state index in [2.05, 4.69) is 29.0 Å². The van der Waals surface area contributed by atoms with E-state index in [4.69, 9.17) is 0 Å². The number of pyridine rings is 1. The van der Waals surface area contributed by atoms with Gasteiger partial charge in [-0.05, 0) is 26.5 Å². The van der Waals surface area contributed by atoms with Gasteiger partial charge in [0.05, 0.1) is 4.90 Å². The number of likely N-dealkylation sites (N-methyl/N-ethyl adjacent to an activating group) is 1. The van der Waals surface area contributed by atoms with Gasteiger partial charge in [0.15, 0.2) is 0 Å². The van der Waals surface area contributed by atoms with Gasteiger partial charge in [0.2, 0.25) is 10.0 Å². The summed E-state index contributed by atoms with van der Waals surface area (Å²) < 4.78 is 27.1. The predicted octanol–water partition coefficient (Wildman–Crippen LogP) is 1.23. The summed E-state index contributed by atoms with van der Waals surface area (Å²) in [6, 6.07) is 3.41. The van der Waals surface area contributed by atoms with E-state index in [9.17, 15) is 8.42 Å². The molecule has 21 heavy (non-hydrogen) atoms. The van der Waals surface area contributed by atoms with Gasteiger partial charge in [-0.25, -0.2) is 13.4 Å². The second-order valence-corrected chi connectivity index (χ2v) is 7.19. The van der Waals surface area contributed by atoms with Crippen LogP contribution in [-0.4, -0.2) is 61.4 Å². The average Bonchev–Trinajstić information content (AvgIpc) is 2.48. The van der Waals surface area contributed by atoms with E-state index in [0.717, 1.165) is 13.1 Å². The van der Waals surface area contributed by atoms with E-state index in [1.54, 1.807) is 16.4 Å². The Hall–Kier alpha value is -1.18. The smallest absolute Gasteiger partial charge is 0.243 e. The highest BCUT2D eigenvalue weighted by atomic mass is 32.2. The average molecular weight is 312 g/mol. The molecule has 7 heteroatoms. The molecule has 1 unspecified atom stereocenters. The second kappa shape index (κ2) is 6.72. The van der Waals surface area contributed by atoms with Crippen LogP contribution in [0.2, 0.25) is 0 Å². The van der Waals surface area contributed by atoms with Crippen LogP contribution in [-0.2, 0) is 10.0 Å². The minimum atomic E-state index is -3.44. The number of nitrogens with zero attached hydrogens (tertiary/aromatic N) is 3. The van der Waals surface area contributed by atoms with E-state index < -0.39 is 10.0 Å². The number of aromatic nitrogens is 1. The van der Waals surface area contributed by atoms with Crippen LogP contribution in [0.3, 0.4) is 0 Å². The minimum Gasteiger partial charge on any atom is -0.370 e. The molecule has 0 radical (unpaired) electrons. The van der Waals surface area contributed by atoms with Crippen molar-refractivity contribution in [2.75, 3.05) is 38.0 Å². The maximum Gasteiger partial charge on any atom is 0.243 e. The zero-order valence-electron chi connectivity index (χ0n) is 12.9. The molecule has 1 fully saturated rings. The molecular formula is C14H24N4O2S. The van der Waals surface area contributed by atoms with E-state index >= 15 is 0 Å². The molecule has 0 bridgehead atoms. The van der Waals surface area contributed by atoms with Crippen molar-refractivity contribution in [3.63, 3.8) is 0 Å². The fraction of sp³-hybridized carbons (Fsp3) is 0.643. The molecule has 1 aromatic rings. The van der Waals surface area contributed by atoms with Crippen molar-refractivity contribution >= 4 is 15.8 Å². The molecule has 0 aliphatic carbocycles. The standard InChI is InChI=1S/C14H24N4O2S/c1-4-15-14-10-13(6-7-16-14)21(19,20)18-9-8-17(5-2)12(3)11-18/h6-7,10,12H,4-5,8-9,11H2,1-3H3,(H,15,16). The lowest BCUT2D eigenvalue weighted by Crippen LogP contribution is -2.53. The molecule has 1 aromatic heterocycles. The SMILES string of the molecule is CCNc1cc(S(=O)(=O)N2CCN(CC)C(C)C2)ccn1. The van der Waals surface area contributed by atoms with Crippen molar-refractivity contribution < 1.29 is 8.42 Å². The first kappa shape index (κ1) is 16.2. The van der Waals surface area contributed by atoms with Crippen molar-refractivity contribution in [1.29, 1.82) is 0 Å². The van der Waals surface area contributed by atoms with Gasteiger partial charge in [-0.1, -0.05) is 6.92 Å². The first-order valence-corrected chi connectivity index (χ1v) is 8.87. The van der Waals surface area contributed by atoms with E-state index in [-0.39, 0.29) is 6.04 Å². The predicted molar refractivity (Wildman–Crippen MR) is 83.9 cm³/mol. The second-order valence-electron chi connectivity index (χ2n) is 5.25. The summed E-state index contributed by atoms with van der Waals surface area (Å²) in [6.07, 6.45) is 1.54. The Labute approximate surface area is 127 Å². The highest BCUT2D eigenvalue weighted by Crippen LogP contribution is 2.21. The van der Waals surface area contributed by atoms with Crippen LogP contribution in [0.15, 0.2) is 23.2 Å². The van der Waals surface area contributed by atoms with Crippen LogP contribution in [0.5, 0.6) is 0 Å². The van der Waals surface area contributed by atoms with E-state index in [1.807, 2.05) is 6.92 Å². The maximum absolute atomic E-state index is 12.7. The molecule has 0 aromatic carbocycles. The van der Waals surface area contributed by atoms with Crippen LogP contribution in [0.4, 0.5) is 5.82 Å². The fourth-order valence-corrected chi connectivity index (χ4v) is 4.17. The maximum atomic E-state index is 12.7. The van der Waals surface area contributed by atoms with Crippen LogP contribution >= 0.6 is 0 Å². The van der Waals surface area contributed by atoms with Crippen molar-refractivity contribution in [3.05, 3.63) is 18.3 Å². The monoisotopic (exact) mass is 312 g/mol. The fourth-order valence-electron chi connectivity index (χ4n) is 2.65. The number of nitrogens with one attached hydrogen (secondary N) is 1. The molecule has 1 atom stereocenters. The quantitative estimate of drug-likeness (QED) is 0.886. The van der Waals surface area contributed by atoms with Gasteiger partial charge < -0.3 is 5.32 Å². The Kier molecular flexibility index (Phi) is 5.18. The number of anilines is 1. The van der Waals surface area contributed by atoms with Gasteiger partial charge in [-0.2, -0.15) is 4.31 Å². The molecule has 0 spiro atoms. The summed E-state index contributed by atoms with van der Waals surface area (Å²) in [5, 5.41) is 3.05. The lowest BCUT2D eigenvalue weighted by Gasteiger charge is -2.38. The summed E-state index contributed by atoms with van der Waals surface area (Å²) in [7, 11) is -3.44. The van der Waals surface area contributed by atoms with Crippen LogP contribution in [0, 0.1) is 0 Å². The van der Waals surface area contributed by atoms with Gasteiger partial charge in [-0.15, -0.1) is 0 Å². The molecular weight excluding hydrogens is 288 g/mol.